The maximum absolute atomic E-state index is 10.2. The van der Waals surface area contributed by atoms with Crippen LogP contribution in [-0.4, -0.2) is 30.7 Å². The number of rotatable bonds is 3. The first-order chi connectivity index (χ1) is 8.65. The van der Waals surface area contributed by atoms with Gasteiger partial charge < -0.3 is 15.7 Å². The molecular formula is C14H21N3O. The molecule has 0 aliphatic carbocycles. The summed E-state index contributed by atoms with van der Waals surface area (Å²) in [5, 5.41) is 16.5. The molecule has 1 aromatic rings. The smallest absolute Gasteiger partial charge is 0.191 e. The highest BCUT2D eigenvalue weighted by Crippen LogP contribution is 2.16. The summed E-state index contributed by atoms with van der Waals surface area (Å²) in [6.45, 7) is 6.38. The molecule has 0 bridgehead atoms. The standard InChI is InChI=1S/C14H21N3O/c1-10-6-11(2)8-12(7-10)13(18)9-17-14-15-4-3-5-16-14/h6-8,13,18H,3-5,9H2,1-2H3,(H2,15,16,17). The molecule has 1 atom stereocenters. The second-order valence-corrected chi connectivity index (χ2v) is 4.83. The third-order valence-corrected chi connectivity index (χ3v) is 2.99. The van der Waals surface area contributed by atoms with Crippen LogP contribution >= 0.6 is 0 Å². The number of aliphatic imine (C=N–C) groups is 1. The number of nitrogens with one attached hydrogen (secondary N) is 2. The lowest BCUT2D eigenvalue weighted by molar-refractivity contribution is 0.180. The Hall–Kier alpha value is -1.55. The molecule has 4 heteroatoms. The van der Waals surface area contributed by atoms with Crippen LogP contribution in [0.15, 0.2) is 23.2 Å². The quantitative estimate of drug-likeness (QED) is 0.754. The van der Waals surface area contributed by atoms with Crippen molar-refractivity contribution in [2.24, 2.45) is 4.99 Å². The molecule has 1 unspecified atom stereocenters. The molecule has 0 aromatic heterocycles. The van der Waals surface area contributed by atoms with Crippen LogP contribution in [0.3, 0.4) is 0 Å². The number of nitrogens with zero attached hydrogens (tertiary/aromatic N) is 1. The van der Waals surface area contributed by atoms with Gasteiger partial charge in [-0.05, 0) is 25.8 Å². The molecule has 0 radical (unpaired) electrons. The minimum absolute atomic E-state index is 0.481. The lowest BCUT2D eigenvalue weighted by Crippen LogP contribution is -2.42. The second-order valence-electron chi connectivity index (χ2n) is 4.83. The Morgan fingerprint density at radius 1 is 1.33 bits per heavy atom. The first-order valence-corrected chi connectivity index (χ1v) is 6.43. The fourth-order valence-corrected chi connectivity index (χ4v) is 2.16. The van der Waals surface area contributed by atoms with E-state index in [-0.39, 0.29) is 0 Å². The number of guanidine groups is 1. The topological polar surface area (TPSA) is 56.6 Å². The first-order valence-electron chi connectivity index (χ1n) is 6.43. The van der Waals surface area contributed by atoms with Crippen LogP contribution in [0, 0.1) is 13.8 Å². The lowest BCUT2D eigenvalue weighted by atomic mass is 10.0. The van der Waals surface area contributed by atoms with E-state index in [2.05, 4.69) is 21.7 Å². The minimum atomic E-state index is -0.505. The van der Waals surface area contributed by atoms with Gasteiger partial charge in [-0.3, -0.25) is 4.99 Å². The summed E-state index contributed by atoms with van der Waals surface area (Å²) in [6.07, 6.45) is 0.570. The summed E-state index contributed by atoms with van der Waals surface area (Å²) in [4.78, 5) is 4.31. The van der Waals surface area contributed by atoms with Crippen LogP contribution < -0.4 is 10.6 Å². The molecule has 0 fully saturated rings. The van der Waals surface area contributed by atoms with Gasteiger partial charge in [0.05, 0.1) is 6.10 Å². The molecule has 98 valence electrons. The minimum Gasteiger partial charge on any atom is -0.387 e. The van der Waals surface area contributed by atoms with Gasteiger partial charge in [0.15, 0.2) is 5.96 Å². The molecule has 1 heterocycles. The first kappa shape index (κ1) is 12.9. The van der Waals surface area contributed by atoms with E-state index in [9.17, 15) is 5.11 Å². The van der Waals surface area contributed by atoms with E-state index in [0.29, 0.717) is 6.54 Å². The van der Waals surface area contributed by atoms with Crippen LogP contribution in [0.5, 0.6) is 0 Å². The number of hydrogen-bond acceptors (Lipinski definition) is 4. The van der Waals surface area contributed by atoms with E-state index in [1.807, 2.05) is 26.0 Å². The molecule has 1 aliphatic rings. The molecule has 0 saturated heterocycles. The van der Waals surface area contributed by atoms with E-state index in [1.165, 1.54) is 11.1 Å². The molecule has 1 aromatic carbocycles. The Bertz CT molecular complexity index is 422. The molecule has 1 aliphatic heterocycles. The summed E-state index contributed by atoms with van der Waals surface area (Å²) in [7, 11) is 0. The maximum Gasteiger partial charge on any atom is 0.191 e. The van der Waals surface area contributed by atoms with Gasteiger partial charge in [-0.15, -0.1) is 0 Å². The third-order valence-electron chi connectivity index (χ3n) is 2.99. The van der Waals surface area contributed by atoms with Crippen LogP contribution in [0.4, 0.5) is 0 Å². The van der Waals surface area contributed by atoms with Gasteiger partial charge in [-0.1, -0.05) is 29.3 Å². The van der Waals surface area contributed by atoms with Gasteiger partial charge in [0, 0.05) is 19.6 Å². The summed E-state index contributed by atoms with van der Waals surface area (Å²) in [5.41, 5.74) is 3.31. The predicted molar refractivity (Wildman–Crippen MR) is 73.8 cm³/mol. The van der Waals surface area contributed by atoms with Crippen molar-refractivity contribution < 1.29 is 5.11 Å². The summed E-state index contributed by atoms with van der Waals surface area (Å²) in [5.74, 6) is 0.796. The van der Waals surface area contributed by atoms with Crippen molar-refractivity contribution >= 4 is 5.96 Å². The van der Waals surface area contributed by atoms with E-state index in [0.717, 1.165) is 31.0 Å². The van der Waals surface area contributed by atoms with Crippen molar-refractivity contribution in [1.82, 2.24) is 10.6 Å². The number of aliphatic hydroxyl groups is 1. The highest BCUT2D eigenvalue weighted by atomic mass is 16.3. The van der Waals surface area contributed by atoms with Gasteiger partial charge in [-0.2, -0.15) is 0 Å². The molecule has 0 amide bonds. The Morgan fingerprint density at radius 3 is 2.67 bits per heavy atom. The highest BCUT2D eigenvalue weighted by Gasteiger charge is 2.10. The molecule has 18 heavy (non-hydrogen) atoms. The Kier molecular flexibility index (Phi) is 4.20. The largest absolute Gasteiger partial charge is 0.387 e. The Balaban J connectivity index is 1.94. The monoisotopic (exact) mass is 247 g/mol. The molecule has 3 N–H and O–H groups in total. The molecule has 0 spiro atoms. The number of benzene rings is 1. The van der Waals surface area contributed by atoms with Crippen molar-refractivity contribution in [2.75, 3.05) is 19.6 Å². The predicted octanol–water partition coefficient (Wildman–Crippen LogP) is 1.28. The van der Waals surface area contributed by atoms with Crippen molar-refractivity contribution in [1.29, 1.82) is 0 Å². The zero-order valence-electron chi connectivity index (χ0n) is 11.0. The summed E-state index contributed by atoms with van der Waals surface area (Å²) >= 11 is 0. The van der Waals surface area contributed by atoms with Gasteiger partial charge in [0.25, 0.3) is 0 Å². The van der Waals surface area contributed by atoms with Crippen molar-refractivity contribution in [3.63, 3.8) is 0 Å². The van der Waals surface area contributed by atoms with Crippen molar-refractivity contribution in [3.05, 3.63) is 34.9 Å². The van der Waals surface area contributed by atoms with E-state index < -0.39 is 6.10 Å². The number of hydrogen-bond donors (Lipinski definition) is 3. The van der Waals surface area contributed by atoms with E-state index in [4.69, 9.17) is 0 Å². The molecule has 4 nitrogen and oxygen atoms in total. The van der Waals surface area contributed by atoms with E-state index >= 15 is 0 Å². The van der Waals surface area contributed by atoms with Crippen LogP contribution in [0.25, 0.3) is 0 Å². The average Bonchev–Trinajstić information content (AvgIpc) is 2.36. The SMILES string of the molecule is Cc1cc(C)cc(C(O)CNC2=NCCCN2)c1. The van der Waals surface area contributed by atoms with Crippen LogP contribution in [0.1, 0.15) is 29.2 Å². The lowest BCUT2D eigenvalue weighted by Gasteiger charge is -2.19. The molecular weight excluding hydrogens is 226 g/mol. The summed E-state index contributed by atoms with van der Waals surface area (Å²) < 4.78 is 0. The second kappa shape index (κ2) is 5.87. The summed E-state index contributed by atoms with van der Waals surface area (Å²) in [6, 6.07) is 6.15. The average molecular weight is 247 g/mol. The van der Waals surface area contributed by atoms with Gasteiger partial charge in [-0.25, -0.2) is 0 Å². The zero-order valence-corrected chi connectivity index (χ0v) is 11.0. The number of aliphatic hydroxyl groups excluding tert-OH is 1. The third kappa shape index (κ3) is 3.47. The van der Waals surface area contributed by atoms with Crippen LogP contribution in [-0.2, 0) is 0 Å². The van der Waals surface area contributed by atoms with Gasteiger partial charge in [0.1, 0.15) is 0 Å². The van der Waals surface area contributed by atoms with Gasteiger partial charge >= 0.3 is 0 Å². The molecule has 0 saturated carbocycles. The van der Waals surface area contributed by atoms with Crippen molar-refractivity contribution in [3.8, 4) is 0 Å². The Labute approximate surface area is 108 Å². The number of aryl methyl sites for hydroxylation is 2. The fraction of sp³-hybridized carbons (Fsp3) is 0.500. The van der Waals surface area contributed by atoms with Gasteiger partial charge in [0.2, 0.25) is 0 Å². The zero-order chi connectivity index (χ0) is 13.0. The maximum atomic E-state index is 10.2. The fourth-order valence-electron chi connectivity index (χ4n) is 2.16. The Morgan fingerprint density at radius 2 is 2.06 bits per heavy atom. The highest BCUT2D eigenvalue weighted by molar-refractivity contribution is 5.80. The van der Waals surface area contributed by atoms with E-state index in [1.54, 1.807) is 0 Å². The van der Waals surface area contributed by atoms with Crippen molar-refractivity contribution in [2.45, 2.75) is 26.4 Å². The normalized spacial score (nSPS) is 16.7. The molecule has 2 rings (SSSR count). The van der Waals surface area contributed by atoms with Crippen LogP contribution in [0.2, 0.25) is 0 Å².